The summed E-state index contributed by atoms with van der Waals surface area (Å²) >= 11 is 5.74. The Kier molecular flexibility index (Phi) is 6.68. The van der Waals surface area contributed by atoms with Crippen LogP contribution in [-0.4, -0.2) is 27.0 Å². The molecule has 1 amide bonds. The van der Waals surface area contributed by atoms with Gasteiger partial charge in [-0.2, -0.15) is 0 Å². The maximum absolute atomic E-state index is 13.9. The second kappa shape index (κ2) is 9.55. The van der Waals surface area contributed by atoms with Gasteiger partial charge in [0.05, 0.1) is 16.6 Å². The van der Waals surface area contributed by atoms with Crippen molar-refractivity contribution in [1.82, 2.24) is 19.9 Å². The number of carbonyl (C=O) groups is 1. The quantitative estimate of drug-likeness (QED) is 0.364. The summed E-state index contributed by atoms with van der Waals surface area (Å²) < 4.78 is 42.2. The van der Waals surface area contributed by atoms with Crippen molar-refractivity contribution in [3.05, 3.63) is 92.1 Å². The Hall–Kier alpha value is -3.63. The van der Waals surface area contributed by atoms with E-state index in [9.17, 15) is 22.8 Å². The van der Waals surface area contributed by atoms with Crippen molar-refractivity contribution >= 4 is 23.0 Å². The topological polar surface area (TPSA) is 105 Å². The summed E-state index contributed by atoms with van der Waals surface area (Å²) in [6, 6.07) is 6.44. The van der Waals surface area contributed by atoms with Crippen LogP contribution in [0.1, 0.15) is 47.3 Å². The van der Waals surface area contributed by atoms with E-state index in [0.717, 1.165) is 18.2 Å². The van der Waals surface area contributed by atoms with E-state index in [-0.39, 0.29) is 40.0 Å². The van der Waals surface area contributed by atoms with Gasteiger partial charge in [-0.05, 0) is 41.8 Å². The van der Waals surface area contributed by atoms with Gasteiger partial charge in [-0.3, -0.25) is 9.59 Å². The van der Waals surface area contributed by atoms with Crippen LogP contribution >= 0.6 is 11.6 Å². The number of halogens is 4. The van der Waals surface area contributed by atoms with Crippen molar-refractivity contribution in [2.75, 3.05) is 6.54 Å². The molecule has 0 saturated heterocycles. The molecule has 182 valence electrons. The Morgan fingerprint density at radius 1 is 1.14 bits per heavy atom. The van der Waals surface area contributed by atoms with Crippen LogP contribution in [0.15, 0.2) is 47.4 Å². The van der Waals surface area contributed by atoms with Gasteiger partial charge in [0.2, 0.25) is 0 Å². The number of carbonyl (C=O) groups excluding carboxylic acids is 1. The zero-order chi connectivity index (χ0) is 25.4. The monoisotopic (exact) mass is 503 g/mol. The lowest BCUT2D eigenvalue weighted by molar-refractivity contribution is 0.0936. The summed E-state index contributed by atoms with van der Waals surface area (Å²) in [5.41, 5.74) is 6.59. The Balaban J connectivity index is 1.77. The summed E-state index contributed by atoms with van der Waals surface area (Å²) in [5, 5.41) is 6.99. The van der Waals surface area contributed by atoms with Gasteiger partial charge in [-0.15, -0.1) is 5.10 Å². The van der Waals surface area contributed by atoms with E-state index in [4.69, 9.17) is 17.3 Å². The molecule has 0 bridgehead atoms. The lowest BCUT2D eigenvalue weighted by Gasteiger charge is -2.18. The van der Waals surface area contributed by atoms with E-state index in [1.54, 1.807) is 0 Å². The molecule has 11 heteroatoms. The highest BCUT2D eigenvalue weighted by Crippen LogP contribution is 2.27. The van der Waals surface area contributed by atoms with Crippen LogP contribution in [0.25, 0.3) is 16.9 Å². The first-order chi connectivity index (χ1) is 16.6. The van der Waals surface area contributed by atoms with E-state index in [2.05, 4.69) is 15.4 Å². The summed E-state index contributed by atoms with van der Waals surface area (Å²) in [7, 11) is 0. The molecule has 0 fully saturated rings. The van der Waals surface area contributed by atoms with Crippen LogP contribution in [0.4, 0.5) is 13.2 Å². The predicted octanol–water partition coefficient (Wildman–Crippen LogP) is 4.31. The van der Waals surface area contributed by atoms with Gasteiger partial charge in [0.25, 0.3) is 11.5 Å². The SMILES string of the molecule is CC(C)c1c(C(=O)NC(CN)c2ccc(F)c(F)c2)cn2nc(-c3ccc(Cl)c(F)c3)[nH]c(=O)c12. The van der Waals surface area contributed by atoms with Gasteiger partial charge in [-0.25, -0.2) is 17.7 Å². The Morgan fingerprint density at radius 3 is 2.51 bits per heavy atom. The Labute approximate surface area is 202 Å². The van der Waals surface area contributed by atoms with Crippen LogP contribution in [0, 0.1) is 17.5 Å². The minimum absolute atomic E-state index is 0.0744. The molecule has 1 unspecified atom stereocenters. The molecule has 4 N–H and O–H groups in total. The first-order valence-electron chi connectivity index (χ1n) is 10.7. The Morgan fingerprint density at radius 2 is 1.89 bits per heavy atom. The average molecular weight is 504 g/mol. The molecular weight excluding hydrogens is 483 g/mol. The number of amides is 1. The number of rotatable bonds is 6. The standard InChI is InChI=1S/C24H21ClF3N5O2/c1-11(2)20-14(23(34)30-19(9-29)12-4-6-16(26)18(28)7-12)10-33-21(20)24(35)31-22(32-33)13-3-5-15(25)17(27)8-13/h3-8,10-11,19H,9,29H2,1-2H3,(H,30,34)(H,31,32,35). The molecule has 0 aliphatic rings. The number of hydrogen-bond donors (Lipinski definition) is 3. The van der Waals surface area contributed by atoms with Gasteiger partial charge < -0.3 is 16.0 Å². The van der Waals surface area contributed by atoms with Crippen LogP contribution in [-0.2, 0) is 0 Å². The average Bonchev–Trinajstić information content (AvgIpc) is 3.21. The third-order valence-electron chi connectivity index (χ3n) is 5.58. The summed E-state index contributed by atoms with van der Waals surface area (Å²) in [4.78, 5) is 28.8. The van der Waals surface area contributed by atoms with Crippen LogP contribution in [0.2, 0.25) is 5.02 Å². The molecule has 2 heterocycles. The smallest absolute Gasteiger partial charge is 0.275 e. The highest BCUT2D eigenvalue weighted by molar-refractivity contribution is 6.30. The zero-order valence-electron chi connectivity index (χ0n) is 18.7. The predicted molar refractivity (Wildman–Crippen MR) is 126 cm³/mol. The number of benzene rings is 2. The molecule has 0 radical (unpaired) electrons. The van der Waals surface area contributed by atoms with E-state index in [1.165, 1.54) is 28.9 Å². The molecule has 2 aromatic carbocycles. The van der Waals surface area contributed by atoms with Crippen molar-refractivity contribution in [3.63, 3.8) is 0 Å². The summed E-state index contributed by atoms with van der Waals surface area (Å²) in [6.45, 7) is 3.54. The highest BCUT2D eigenvalue weighted by atomic mass is 35.5. The molecule has 7 nitrogen and oxygen atoms in total. The van der Waals surface area contributed by atoms with E-state index in [0.29, 0.717) is 11.1 Å². The molecule has 0 aliphatic heterocycles. The number of aromatic amines is 1. The van der Waals surface area contributed by atoms with Gasteiger partial charge >= 0.3 is 0 Å². The van der Waals surface area contributed by atoms with Crippen molar-refractivity contribution in [2.24, 2.45) is 5.73 Å². The Bertz CT molecular complexity index is 1500. The van der Waals surface area contributed by atoms with Crippen molar-refractivity contribution in [2.45, 2.75) is 25.8 Å². The fourth-order valence-corrected chi connectivity index (χ4v) is 4.01. The minimum atomic E-state index is -1.06. The lowest BCUT2D eigenvalue weighted by Crippen LogP contribution is -2.33. The maximum atomic E-state index is 13.9. The second-order valence-electron chi connectivity index (χ2n) is 8.27. The minimum Gasteiger partial charge on any atom is -0.344 e. The van der Waals surface area contributed by atoms with Gasteiger partial charge in [-0.1, -0.05) is 31.5 Å². The molecule has 2 aromatic heterocycles. The fraction of sp³-hybridized carbons (Fsp3) is 0.208. The number of H-pyrrole nitrogens is 1. The summed E-state index contributed by atoms with van der Waals surface area (Å²) in [6.07, 6.45) is 1.39. The van der Waals surface area contributed by atoms with Crippen molar-refractivity contribution in [3.8, 4) is 11.4 Å². The first-order valence-corrected chi connectivity index (χ1v) is 11.0. The maximum Gasteiger partial charge on any atom is 0.275 e. The molecule has 0 spiro atoms. The third-order valence-corrected chi connectivity index (χ3v) is 5.89. The molecule has 35 heavy (non-hydrogen) atoms. The van der Waals surface area contributed by atoms with Crippen LogP contribution in [0.3, 0.4) is 0 Å². The molecule has 0 saturated carbocycles. The number of fused-ring (bicyclic) bond motifs is 1. The molecular formula is C24H21ClF3N5O2. The second-order valence-corrected chi connectivity index (χ2v) is 8.68. The number of nitrogens with one attached hydrogen (secondary N) is 2. The van der Waals surface area contributed by atoms with E-state index in [1.807, 2.05) is 13.8 Å². The normalized spacial score (nSPS) is 12.3. The number of hydrogen-bond acceptors (Lipinski definition) is 4. The van der Waals surface area contributed by atoms with E-state index >= 15 is 0 Å². The highest BCUT2D eigenvalue weighted by Gasteiger charge is 2.25. The molecule has 4 rings (SSSR count). The van der Waals surface area contributed by atoms with E-state index < -0.39 is 35.0 Å². The van der Waals surface area contributed by atoms with Crippen molar-refractivity contribution in [1.29, 1.82) is 0 Å². The lowest BCUT2D eigenvalue weighted by atomic mass is 9.99. The van der Waals surface area contributed by atoms with Crippen LogP contribution in [0.5, 0.6) is 0 Å². The number of nitrogens with zero attached hydrogens (tertiary/aromatic N) is 2. The first kappa shape index (κ1) is 24.5. The van der Waals surface area contributed by atoms with Gasteiger partial charge in [0.15, 0.2) is 17.5 Å². The zero-order valence-corrected chi connectivity index (χ0v) is 19.5. The number of aromatic nitrogens is 3. The van der Waals surface area contributed by atoms with Crippen molar-refractivity contribution < 1.29 is 18.0 Å². The third kappa shape index (κ3) is 4.67. The summed E-state index contributed by atoms with van der Waals surface area (Å²) in [5.74, 6) is -3.49. The van der Waals surface area contributed by atoms with Crippen LogP contribution < -0.4 is 16.6 Å². The van der Waals surface area contributed by atoms with Gasteiger partial charge in [0, 0.05) is 23.9 Å². The van der Waals surface area contributed by atoms with Gasteiger partial charge in [0.1, 0.15) is 11.3 Å². The fourth-order valence-electron chi connectivity index (χ4n) is 3.89. The molecule has 0 aliphatic carbocycles. The molecule has 1 atom stereocenters. The molecule has 4 aromatic rings. The number of nitrogens with two attached hydrogens (primary N) is 1. The largest absolute Gasteiger partial charge is 0.344 e.